The summed E-state index contributed by atoms with van der Waals surface area (Å²) in [6, 6.07) is 0.579. The summed E-state index contributed by atoms with van der Waals surface area (Å²) in [5.41, 5.74) is 6.11. The van der Waals surface area contributed by atoms with Gasteiger partial charge in [-0.25, -0.2) is 0 Å². The molecule has 0 aliphatic heterocycles. The molecule has 11 heavy (non-hydrogen) atoms. The molecule has 0 amide bonds. The molecule has 1 nitrogen and oxygen atoms in total. The Kier molecular flexibility index (Phi) is 1.18. The highest BCUT2D eigenvalue weighted by Crippen LogP contribution is 2.55. The third-order valence-corrected chi connectivity index (χ3v) is 4.49. The monoisotopic (exact) mass is 151 g/mol. The maximum Gasteiger partial charge on any atom is 0.00726 e. The van der Waals surface area contributed by atoms with Crippen molar-refractivity contribution in [2.24, 2.45) is 29.4 Å². The van der Waals surface area contributed by atoms with Crippen LogP contribution in [-0.4, -0.2) is 6.04 Å². The van der Waals surface area contributed by atoms with Gasteiger partial charge in [0.25, 0.3) is 0 Å². The predicted molar refractivity (Wildman–Crippen MR) is 45.0 cm³/mol. The number of nitrogens with two attached hydrogens (primary N) is 1. The molecule has 0 spiro atoms. The van der Waals surface area contributed by atoms with E-state index in [4.69, 9.17) is 5.73 Å². The summed E-state index contributed by atoms with van der Waals surface area (Å²) in [7, 11) is 0. The zero-order valence-corrected chi connectivity index (χ0v) is 7.00. The number of fused-ring (bicyclic) bond motifs is 2. The van der Waals surface area contributed by atoms with Crippen LogP contribution in [0.2, 0.25) is 0 Å². The first-order valence-corrected chi connectivity index (χ1v) is 5.10. The van der Waals surface area contributed by atoms with Gasteiger partial charge in [-0.15, -0.1) is 0 Å². The van der Waals surface area contributed by atoms with Gasteiger partial charge in [0, 0.05) is 6.04 Å². The first-order chi connectivity index (χ1) is 5.34. The van der Waals surface area contributed by atoms with Crippen molar-refractivity contribution in [2.75, 3.05) is 0 Å². The van der Waals surface area contributed by atoms with Crippen molar-refractivity contribution in [1.82, 2.24) is 0 Å². The average molecular weight is 151 g/mol. The van der Waals surface area contributed by atoms with Crippen molar-refractivity contribution < 1.29 is 0 Å². The van der Waals surface area contributed by atoms with Crippen LogP contribution in [0.5, 0.6) is 0 Å². The largest absolute Gasteiger partial charge is 0.327 e. The van der Waals surface area contributed by atoms with Gasteiger partial charge in [0.1, 0.15) is 0 Å². The number of hydrogen-bond acceptors (Lipinski definition) is 1. The Morgan fingerprint density at radius 1 is 0.818 bits per heavy atom. The Morgan fingerprint density at radius 2 is 1.64 bits per heavy atom. The van der Waals surface area contributed by atoms with Crippen LogP contribution < -0.4 is 5.73 Å². The van der Waals surface area contributed by atoms with Crippen LogP contribution in [0, 0.1) is 23.7 Å². The predicted octanol–water partition coefficient (Wildman–Crippen LogP) is 1.77. The van der Waals surface area contributed by atoms with E-state index in [-0.39, 0.29) is 0 Å². The van der Waals surface area contributed by atoms with Crippen LogP contribution in [0.15, 0.2) is 0 Å². The molecule has 0 aromatic carbocycles. The van der Waals surface area contributed by atoms with Gasteiger partial charge in [0.15, 0.2) is 0 Å². The minimum atomic E-state index is 0.579. The SMILES string of the molecule is NC1CC2CC3CCC2CC13. The molecule has 62 valence electrons. The summed E-state index contributed by atoms with van der Waals surface area (Å²) in [6.07, 6.45) is 7.39. The Labute approximate surface area is 68.3 Å². The van der Waals surface area contributed by atoms with Crippen molar-refractivity contribution in [2.45, 2.75) is 38.1 Å². The van der Waals surface area contributed by atoms with E-state index in [2.05, 4.69) is 0 Å². The van der Waals surface area contributed by atoms with E-state index in [1.807, 2.05) is 0 Å². The Morgan fingerprint density at radius 3 is 2.18 bits per heavy atom. The van der Waals surface area contributed by atoms with Crippen LogP contribution in [0.3, 0.4) is 0 Å². The number of hydrogen-bond donors (Lipinski definition) is 1. The second-order valence-corrected chi connectivity index (χ2v) is 4.89. The zero-order chi connectivity index (χ0) is 7.42. The summed E-state index contributed by atoms with van der Waals surface area (Å²) >= 11 is 0. The minimum absolute atomic E-state index is 0.579. The van der Waals surface area contributed by atoms with Gasteiger partial charge in [-0.05, 0) is 55.8 Å². The van der Waals surface area contributed by atoms with Gasteiger partial charge >= 0.3 is 0 Å². The van der Waals surface area contributed by atoms with Crippen molar-refractivity contribution in [3.05, 3.63) is 0 Å². The van der Waals surface area contributed by atoms with Crippen molar-refractivity contribution in [3.8, 4) is 0 Å². The van der Waals surface area contributed by atoms with Crippen LogP contribution in [0.4, 0.5) is 0 Å². The van der Waals surface area contributed by atoms with Crippen molar-refractivity contribution >= 4 is 0 Å². The standard InChI is InChI=1S/C10H17N/c11-10-5-8-3-7-2-1-6(8)4-9(7)10/h6-10H,1-5,11H2. The molecule has 5 aliphatic carbocycles. The summed E-state index contributed by atoms with van der Waals surface area (Å²) in [6.45, 7) is 0. The topological polar surface area (TPSA) is 26.0 Å². The second kappa shape index (κ2) is 2.01. The molecule has 5 rings (SSSR count). The fourth-order valence-electron chi connectivity index (χ4n) is 3.94. The van der Waals surface area contributed by atoms with Gasteiger partial charge in [0.2, 0.25) is 0 Å². The smallest absolute Gasteiger partial charge is 0.00726 e. The summed E-state index contributed by atoms with van der Waals surface area (Å²) in [4.78, 5) is 0. The van der Waals surface area contributed by atoms with Gasteiger partial charge in [0.05, 0.1) is 0 Å². The van der Waals surface area contributed by atoms with Gasteiger partial charge < -0.3 is 5.73 Å². The number of rotatable bonds is 0. The molecule has 5 fully saturated rings. The van der Waals surface area contributed by atoms with Crippen LogP contribution in [0.1, 0.15) is 32.1 Å². The Balaban J connectivity index is 1.93. The molecule has 0 aromatic heterocycles. The Bertz CT molecular complexity index is 176. The van der Waals surface area contributed by atoms with Crippen LogP contribution in [-0.2, 0) is 0 Å². The molecule has 1 heteroatoms. The van der Waals surface area contributed by atoms with E-state index in [1.165, 1.54) is 32.1 Å². The second-order valence-electron chi connectivity index (χ2n) is 4.89. The van der Waals surface area contributed by atoms with E-state index in [0.29, 0.717) is 6.04 Å². The first kappa shape index (κ1) is 6.47. The van der Waals surface area contributed by atoms with E-state index >= 15 is 0 Å². The van der Waals surface area contributed by atoms with Crippen molar-refractivity contribution in [1.29, 1.82) is 0 Å². The van der Waals surface area contributed by atoms with Gasteiger partial charge in [-0.1, -0.05) is 0 Å². The van der Waals surface area contributed by atoms with E-state index in [1.54, 1.807) is 0 Å². The lowest BCUT2D eigenvalue weighted by molar-refractivity contribution is -0.0306. The van der Waals surface area contributed by atoms with Gasteiger partial charge in [-0.2, -0.15) is 0 Å². The third-order valence-electron chi connectivity index (χ3n) is 4.49. The summed E-state index contributed by atoms with van der Waals surface area (Å²) < 4.78 is 0. The normalized spacial score (nSPS) is 60.3. The molecule has 0 aromatic rings. The maximum absolute atomic E-state index is 6.11. The van der Waals surface area contributed by atoms with Crippen molar-refractivity contribution in [3.63, 3.8) is 0 Å². The van der Waals surface area contributed by atoms with E-state index in [9.17, 15) is 0 Å². The minimum Gasteiger partial charge on any atom is -0.327 e. The lowest BCUT2D eigenvalue weighted by atomic mass is 9.52. The third kappa shape index (κ3) is 0.752. The highest BCUT2D eigenvalue weighted by Gasteiger charge is 2.48. The first-order valence-electron chi connectivity index (χ1n) is 5.10. The molecule has 5 atom stereocenters. The average Bonchev–Trinajstić information content (AvgIpc) is 2.05. The lowest BCUT2D eigenvalue weighted by Crippen LogP contribution is -2.53. The lowest BCUT2D eigenvalue weighted by Gasteiger charge is -2.55. The quantitative estimate of drug-likeness (QED) is 0.561. The molecule has 0 radical (unpaired) electrons. The molecule has 2 N–H and O–H groups in total. The molecule has 5 saturated carbocycles. The molecule has 4 bridgehead atoms. The van der Waals surface area contributed by atoms with E-state index < -0.39 is 0 Å². The highest BCUT2D eigenvalue weighted by molar-refractivity contribution is 5.01. The molecule has 5 aliphatic rings. The molecular weight excluding hydrogens is 134 g/mol. The highest BCUT2D eigenvalue weighted by atomic mass is 14.7. The molecule has 5 unspecified atom stereocenters. The molecular formula is C10H17N. The van der Waals surface area contributed by atoms with E-state index in [0.717, 1.165) is 23.7 Å². The fraction of sp³-hybridized carbons (Fsp3) is 1.00. The summed E-state index contributed by atoms with van der Waals surface area (Å²) in [5.74, 6) is 4.09. The zero-order valence-electron chi connectivity index (χ0n) is 7.00. The molecule has 0 heterocycles. The summed E-state index contributed by atoms with van der Waals surface area (Å²) in [5, 5.41) is 0. The van der Waals surface area contributed by atoms with Gasteiger partial charge in [-0.3, -0.25) is 0 Å². The van der Waals surface area contributed by atoms with Crippen LogP contribution in [0.25, 0.3) is 0 Å². The van der Waals surface area contributed by atoms with Crippen LogP contribution >= 0.6 is 0 Å². The maximum atomic E-state index is 6.11. The Hall–Kier alpha value is -0.0400. The fourth-order valence-corrected chi connectivity index (χ4v) is 3.94. The molecule has 0 saturated heterocycles.